The fourth-order valence-electron chi connectivity index (χ4n) is 1.47. The van der Waals surface area contributed by atoms with Crippen LogP contribution in [-0.4, -0.2) is 31.4 Å². The average molecular weight is 278 g/mol. The molecule has 0 aromatic heterocycles. The summed E-state index contributed by atoms with van der Waals surface area (Å²) in [5.41, 5.74) is 0.363. The Bertz CT molecular complexity index is 481. The molecule has 0 bridgehead atoms. The third-order valence-electron chi connectivity index (χ3n) is 2.42. The zero-order valence-corrected chi connectivity index (χ0v) is 11.4. The van der Waals surface area contributed by atoms with Crippen molar-refractivity contribution in [2.45, 2.75) is 6.10 Å². The first-order valence-corrected chi connectivity index (χ1v) is 6.01. The van der Waals surface area contributed by atoms with Gasteiger partial charge in [0.15, 0.2) is 17.6 Å². The molecule has 0 fully saturated rings. The second-order valence-corrected chi connectivity index (χ2v) is 3.83. The fourth-order valence-corrected chi connectivity index (χ4v) is 1.47. The standard InChI is InChI=1S/C15H18O5/c1-4-8-19-12-7-6-11(14(16)15(17)18-3)10-13(12)20-9-5-2/h4-7,10,14,16H,1-2,8-9H2,3H3. The summed E-state index contributed by atoms with van der Waals surface area (Å²) >= 11 is 0. The van der Waals surface area contributed by atoms with Crippen LogP contribution in [0.1, 0.15) is 11.7 Å². The summed E-state index contributed by atoms with van der Waals surface area (Å²) in [5, 5.41) is 9.80. The topological polar surface area (TPSA) is 65.0 Å². The zero-order valence-electron chi connectivity index (χ0n) is 11.4. The molecule has 1 atom stereocenters. The van der Waals surface area contributed by atoms with Crippen LogP contribution in [0, 0.1) is 0 Å². The van der Waals surface area contributed by atoms with Crippen LogP contribution in [-0.2, 0) is 9.53 Å². The van der Waals surface area contributed by atoms with E-state index in [-0.39, 0.29) is 6.61 Å². The molecule has 1 aromatic rings. The molecule has 5 heteroatoms. The molecule has 1 rings (SSSR count). The van der Waals surface area contributed by atoms with Gasteiger partial charge in [-0.25, -0.2) is 4.79 Å². The van der Waals surface area contributed by atoms with E-state index in [9.17, 15) is 9.90 Å². The number of aliphatic hydroxyl groups is 1. The third kappa shape index (κ3) is 4.13. The number of esters is 1. The van der Waals surface area contributed by atoms with Crippen molar-refractivity contribution in [2.75, 3.05) is 20.3 Å². The molecule has 0 aliphatic heterocycles. The van der Waals surface area contributed by atoms with Crippen LogP contribution in [0.2, 0.25) is 0 Å². The van der Waals surface area contributed by atoms with Crippen molar-refractivity contribution in [3.63, 3.8) is 0 Å². The normalized spacial score (nSPS) is 11.3. The van der Waals surface area contributed by atoms with E-state index in [0.717, 1.165) is 0 Å². The van der Waals surface area contributed by atoms with Gasteiger partial charge in [-0.15, -0.1) is 0 Å². The van der Waals surface area contributed by atoms with E-state index in [0.29, 0.717) is 23.7 Å². The minimum atomic E-state index is -1.36. The fraction of sp³-hybridized carbons (Fsp3) is 0.267. The highest BCUT2D eigenvalue weighted by molar-refractivity contribution is 5.76. The molecule has 5 nitrogen and oxygen atoms in total. The van der Waals surface area contributed by atoms with E-state index in [2.05, 4.69) is 17.9 Å². The maximum atomic E-state index is 11.3. The first kappa shape index (κ1) is 15.8. The van der Waals surface area contributed by atoms with Gasteiger partial charge in [0.2, 0.25) is 0 Å². The smallest absolute Gasteiger partial charge is 0.339 e. The van der Waals surface area contributed by atoms with E-state index in [1.165, 1.54) is 13.2 Å². The average Bonchev–Trinajstić information content (AvgIpc) is 2.49. The predicted octanol–water partition coefficient (Wildman–Crippen LogP) is 2.02. The van der Waals surface area contributed by atoms with Gasteiger partial charge in [0.25, 0.3) is 0 Å². The number of hydrogen-bond acceptors (Lipinski definition) is 5. The molecule has 108 valence electrons. The number of methoxy groups -OCH3 is 1. The molecule has 1 N–H and O–H groups in total. The third-order valence-corrected chi connectivity index (χ3v) is 2.42. The van der Waals surface area contributed by atoms with Gasteiger partial charge in [-0.05, 0) is 17.7 Å². The Morgan fingerprint density at radius 2 is 1.85 bits per heavy atom. The molecule has 0 saturated heterocycles. The molecule has 20 heavy (non-hydrogen) atoms. The Hall–Kier alpha value is -2.27. The Morgan fingerprint density at radius 1 is 1.25 bits per heavy atom. The summed E-state index contributed by atoms with van der Waals surface area (Å²) < 4.78 is 15.4. The highest BCUT2D eigenvalue weighted by Gasteiger charge is 2.19. The van der Waals surface area contributed by atoms with E-state index in [1.807, 2.05) is 0 Å². The lowest BCUT2D eigenvalue weighted by molar-refractivity contribution is -0.150. The molecule has 0 saturated carbocycles. The van der Waals surface area contributed by atoms with Gasteiger partial charge in [0.1, 0.15) is 13.2 Å². The number of rotatable bonds is 8. The van der Waals surface area contributed by atoms with Crippen LogP contribution < -0.4 is 9.47 Å². The monoisotopic (exact) mass is 278 g/mol. The highest BCUT2D eigenvalue weighted by Crippen LogP contribution is 2.31. The van der Waals surface area contributed by atoms with E-state index in [4.69, 9.17) is 9.47 Å². The summed E-state index contributed by atoms with van der Waals surface area (Å²) in [4.78, 5) is 11.3. The first-order valence-electron chi connectivity index (χ1n) is 6.01. The lowest BCUT2D eigenvalue weighted by Crippen LogP contribution is -2.13. The van der Waals surface area contributed by atoms with Gasteiger partial charge in [-0.2, -0.15) is 0 Å². The van der Waals surface area contributed by atoms with Crippen molar-refractivity contribution >= 4 is 5.97 Å². The van der Waals surface area contributed by atoms with E-state index < -0.39 is 12.1 Å². The SMILES string of the molecule is C=CCOc1ccc(C(O)C(=O)OC)cc1OCC=C. The largest absolute Gasteiger partial charge is 0.486 e. The number of benzene rings is 1. The Morgan fingerprint density at radius 3 is 2.40 bits per heavy atom. The summed E-state index contributed by atoms with van der Waals surface area (Å²) in [5.74, 6) is 0.166. The van der Waals surface area contributed by atoms with E-state index in [1.54, 1.807) is 24.3 Å². The van der Waals surface area contributed by atoms with Crippen molar-refractivity contribution in [2.24, 2.45) is 0 Å². The number of carbonyl (C=O) groups is 1. The van der Waals surface area contributed by atoms with Crippen molar-refractivity contribution < 1.29 is 24.1 Å². The van der Waals surface area contributed by atoms with Gasteiger partial charge in [-0.1, -0.05) is 31.4 Å². The minimum absolute atomic E-state index is 0.280. The number of ether oxygens (including phenoxy) is 3. The second kappa shape index (κ2) is 8.01. The van der Waals surface area contributed by atoms with Crippen molar-refractivity contribution in [3.05, 3.63) is 49.1 Å². The van der Waals surface area contributed by atoms with Crippen LogP contribution in [0.5, 0.6) is 11.5 Å². The molecule has 0 aliphatic carbocycles. The lowest BCUT2D eigenvalue weighted by Gasteiger charge is -2.14. The van der Waals surface area contributed by atoms with Gasteiger partial charge in [-0.3, -0.25) is 0 Å². The van der Waals surface area contributed by atoms with Gasteiger partial charge < -0.3 is 19.3 Å². The summed E-state index contributed by atoms with van der Waals surface area (Å²) in [7, 11) is 1.21. The maximum Gasteiger partial charge on any atom is 0.339 e. The predicted molar refractivity (Wildman–Crippen MR) is 74.8 cm³/mol. The Balaban J connectivity index is 3.02. The van der Waals surface area contributed by atoms with Crippen molar-refractivity contribution in [3.8, 4) is 11.5 Å². The number of hydrogen-bond donors (Lipinski definition) is 1. The van der Waals surface area contributed by atoms with Crippen molar-refractivity contribution in [1.29, 1.82) is 0 Å². The molecule has 1 unspecified atom stereocenters. The van der Waals surface area contributed by atoms with Crippen LogP contribution in [0.15, 0.2) is 43.5 Å². The van der Waals surface area contributed by atoms with Gasteiger partial charge in [0, 0.05) is 0 Å². The lowest BCUT2D eigenvalue weighted by atomic mass is 10.1. The van der Waals surface area contributed by atoms with Crippen molar-refractivity contribution in [1.82, 2.24) is 0 Å². The van der Waals surface area contributed by atoms with Gasteiger partial charge in [0.05, 0.1) is 7.11 Å². The second-order valence-electron chi connectivity index (χ2n) is 3.83. The summed E-state index contributed by atoms with van der Waals surface area (Å²) in [6.45, 7) is 7.73. The van der Waals surface area contributed by atoms with E-state index >= 15 is 0 Å². The molecule has 0 amide bonds. The first-order chi connectivity index (χ1) is 9.63. The summed E-state index contributed by atoms with van der Waals surface area (Å²) in [6.07, 6.45) is 1.83. The van der Waals surface area contributed by atoms with Crippen LogP contribution in [0.3, 0.4) is 0 Å². The van der Waals surface area contributed by atoms with Crippen LogP contribution in [0.25, 0.3) is 0 Å². The Labute approximate surface area is 118 Å². The molecular formula is C15H18O5. The summed E-state index contributed by atoms with van der Waals surface area (Å²) in [6, 6.07) is 4.72. The quantitative estimate of drug-likeness (QED) is 0.582. The number of carbonyl (C=O) groups excluding carboxylic acids is 1. The molecule has 0 heterocycles. The molecular weight excluding hydrogens is 260 g/mol. The minimum Gasteiger partial charge on any atom is -0.486 e. The zero-order chi connectivity index (χ0) is 15.0. The maximum absolute atomic E-state index is 11.3. The molecule has 0 spiro atoms. The molecule has 0 aliphatic rings. The molecule has 0 radical (unpaired) electrons. The molecule has 1 aromatic carbocycles. The Kier molecular flexibility index (Phi) is 6.32. The highest BCUT2D eigenvalue weighted by atomic mass is 16.5. The van der Waals surface area contributed by atoms with Crippen LogP contribution in [0.4, 0.5) is 0 Å². The van der Waals surface area contributed by atoms with Crippen LogP contribution >= 0.6 is 0 Å². The number of aliphatic hydroxyl groups excluding tert-OH is 1. The van der Waals surface area contributed by atoms with Gasteiger partial charge >= 0.3 is 5.97 Å².